The van der Waals surface area contributed by atoms with Gasteiger partial charge in [-0.3, -0.25) is 9.69 Å². The Labute approximate surface area is 149 Å². The molecule has 0 bridgehead atoms. The Balaban J connectivity index is 1.65. The Kier molecular flexibility index (Phi) is 3.89. The zero-order chi connectivity index (χ0) is 17.4. The summed E-state index contributed by atoms with van der Waals surface area (Å²) >= 11 is 6.17. The fraction of sp³-hybridized carbons (Fsp3) is 0.167. The van der Waals surface area contributed by atoms with Gasteiger partial charge in [-0.05, 0) is 31.2 Å². The van der Waals surface area contributed by atoms with Crippen LogP contribution >= 0.6 is 11.6 Å². The third kappa shape index (κ3) is 2.85. The lowest BCUT2D eigenvalue weighted by Crippen LogP contribution is -2.44. The Morgan fingerprint density at radius 3 is 2.76 bits per heavy atom. The van der Waals surface area contributed by atoms with Gasteiger partial charge in [-0.1, -0.05) is 41.0 Å². The van der Waals surface area contributed by atoms with Gasteiger partial charge in [-0.2, -0.15) is 4.98 Å². The van der Waals surface area contributed by atoms with Crippen molar-refractivity contribution in [2.24, 2.45) is 0 Å². The molecule has 4 rings (SSSR count). The molecular formula is C18H14ClN3O3. The van der Waals surface area contributed by atoms with E-state index in [2.05, 4.69) is 10.1 Å². The number of nitrogens with zero attached hydrogens (tertiary/aromatic N) is 3. The number of aromatic nitrogens is 2. The molecular weight excluding hydrogens is 342 g/mol. The molecule has 3 aromatic rings. The van der Waals surface area contributed by atoms with Crippen molar-refractivity contribution in [1.29, 1.82) is 0 Å². The van der Waals surface area contributed by atoms with E-state index in [1.165, 1.54) is 0 Å². The van der Waals surface area contributed by atoms with Gasteiger partial charge in [0, 0.05) is 5.56 Å². The van der Waals surface area contributed by atoms with Crippen LogP contribution in [0.4, 0.5) is 5.69 Å². The number of halogens is 1. The summed E-state index contributed by atoms with van der Waals surface area (Å²) in [5.74, 6) is 1.21. The summed E-state index contributed by atoms with van der Waals surface area (Å²) in [6, 6.07) is 14.6. The van der Waals surface area contributed by atoms with E-state index >= 15 is 0 Å². The maximum Gasteiger partial charge on any atom is 0.268 e. The Morgan fingerprint density at radius 1 is 1.16 bits per heavy atom. The highest BCUT2D eigenvalue weighted by atomic mass is 35.5. The zero-order valence-corrected chi connectivity index (χ0v) is 14.1. The van der Waals surface area contributed by atoms with Crippen LogP contribution in [-0.4, -0.2) is 22.2 Å². The largest absolute Gasteiger partial charge is 0.479 e. The van der Waals surface area contributed by atoms with Crippen LogP contribution in [0.15, 0.2) is 53.1 Å². The van der Waals surface area contributed by atoms with Crippen molar-refractivity contribution >= 4 is 23.2 Å². The number of fused-ring (bicyclic) bond motifs is 1. The van der Waals surface area contributed by atoms with Crippen molar-refractivity contribution in [2.75, 3.05) is 4.90 Å². The number of amides is 1. The predicted molar refractivity (Wildman–Crippen MR) is 92.5 cm³/mol. The number of carbonyl (C=O) groups is 1. The van der Waals surface area contributed by atoms with Crippen LogP contribution in [0.2, 0.25) is 5.02 Å². The first-order valence-electron chi connectivity index (χ1n) is 7.78. The first kappa shape index (κ1) is 15.7. The van der Waals surface area contributed by atoms with Gasteiger partial charge in [-0.25, -0.2) is 0 Å². The number of anilines is 1. The third-order valence-corrected chi connectivity index (χ3v) is 4.28. The van der Waals surface area contributed by atoms with Gasteiger partial charge >= 0.3 is 0 Å². The molecule has 0 fully saturated rings. The van der Waals surface area contributed by atoms with Gasteiger partial charge in [-0.15, -0.1) is 0 Å². The number of para-hydroxylation sites is 2. The van der Waals surface area contributed by atoms with Gasteiger partial charge in [0.05, 0.1) is 10.7 Å². The summed E-state index contributed by atoms with van der Waals surface area (Å²) in [5, 5.41) is 4.51. The second-order valence-corrected chi connectivity index (χ2v) is 6.05. The number of benzene rings is 2. The summed E-state index contributed by atoms with van der Waals surface area (Å²) in [4.78, 5) is 18.5. The van der Waals surface area contributed by atoms with Crippen molar-refractivity contribution in [3.63, 3.8) is 0 Å². The summed E-state index contributed by atoms with van der Waals surface area (Å²) in [6.07, 6.45) is -0.569. The van der Waals surface area contributed by atoms with Gasteiger partial charge in [0.25, 0.3) is 5.91 Å². The van der Waals surface area contributed by atoms with E-state index in [1.54, 1.807) is 17.9 Å². The van der Waals surface area contributed by atoms with Crippen molar-refractivity contribution in [3.8, 4) is 17.1 Å². The minimum atomic E-state index is -0.569. The topological polar surface area (TPSA) is 68.5 Å². The van der Waals surface area contributed by atoms with Crippen molar-refractivity contribution < 1.29 is 14.1 Å². The average molecular weight is 356 g/mol. The molecule has 2 heterocycles. The molecule has 126 valence electrons. The number of hydrogen-bond acceptors (Lipinski definition) is 5. The maximum absolute atomic E-state index is 12.5. The monoisotopic (exact) mass is 355 g/mol. The summed E-state index contributed by atoms with van der Waals surface area (Å²) in [5.41, 5.74) is 1.37. The fourth-order valence-corrected chi connectivity index (χ4v) is 2.95. The summed E-state index contributed by atoms with van der Waals surface area (Å²) < 4.78 is 10.9. The molecule has 0 saturated heterocycles. The average Bonchev–Trinajstić information content (AvgIpc) is 3.08. The highest BCUT2D eigenvalue weighted by molar-refractivity contribution is 6.33. The van der Waals surface area contributed by atoms with Crippen molar-refractivity contribution in [2.45, 2.75) is 19.6 Å². The predicted octanol–water partition coefficient (Wildman–Crippen LogP) is 3.70. The molecule has 0 radical (unpaired) electrons. The molecule has 1 amide bonds. The molecule has 1 aliphatic heterocycles. The number of hydrogen-bond donors (Lipinski definition) is 0. The summed E-state index contributed by atoms with van der Waals surface area (Å²) in [6.45, 7) is 1.88. The van der Waals surface area contributed by atoms with Crippen LogP contribution < -0.4 is 9.64 Å². The molecule has 0 aliphatic carbocycles. The maximum atomic E-state index is 12.5. The van der Waals surface area contributed by atoms with Crippen LogP contribution in [0.1, 0.15) is 12.8 Å². The second kappa shape index (κ2) is 6.22. The minimum absolute atomic E-state index is 0.156. The van der Waals surface area contributed by atoms with E-state index in [0.29, 0.717) is 33.7 Å². The SMILES string of the molecule is CC1Oc2ccccc2N(Cc2nc(-c3ccccc3Cl)no2)C1=O. The molecule has 6 nitrogen and oxygen atoms in total. The number of rotatable bonds is 3. The molecule has 1 aromatic heterocycles. The van der Waals surface area contributed by atoms with Gasteiger partial charge in [0.2, 0.25) is 11.7 Å². The third-order valence-electron chi connectivity index (χ3n) is 3.95. The van der Waals surface area contributed by atoms with E-state index in [-0.39, 0.29) is 12.5 Å². The molecule has 0 N–H and O–H groups in total. The van der Waals surface area contributed by atoms with Crippen LogP contribution in [0.5, 0.6) is 5.75 Å². The van der Waals surface area contributed by atoms with E-state index < -0.39 is 6.10 Å². The van der Waals surface area contributed by atoms with E-state index in [4.69, 9.17) is 20.9 Å². The van der Waals surface area contributed by atoms with Crippen molar-refractivity contribution in [3.05, 3.63) is 59.4 Å². The molecule has 25 heavy (non-hydrogen) atoms. The van der Waals surface area contributed by atoms with E-state index in [0.717, 1.165) is 0 Å². The van der Waals surface area contributed by atoms with Crippen LogP contribution in [0, 0.1) is 0 Å². The lowest BCUT2D eigenvalue weighted by atomic mass is 10.2. The van der Waals surface area contributed by atoms with Crippen LogP contribution in [0.25, 0.3) is 11.4 Å². The summed E-state index contributed by atoms with van der Waals surface area (Å²) in [7, 11) is 0. The number of ether oxygens (including phenoxy) is 1. The highest BCUT2D eigenvalue weighted by Gasteiger charge is 2.32. The normalized spacial score (nSPS) is 16.5. The smallest absolute Gasteiger partial charge is 0.268 e. The minimum Gasteiger partial charge on any atom is -0.479 e. The van der Waals surface area contributed by atoms with Gasteiger partial charge < -0.3 is 9.26 Å². The molecule has 7 heteroatoms. The first-order valence-corrected chi connectivity index (χ1v) is 8.16. The van der Waals surface area contributed by atoms with Gasteiger partial charge in [0.15, 0.2) is 6.10 Å². The van der Waals surface area contributed by atoms with Crippen molar-refractivity contribution in [1.82, 2.24) is 10.1 Å². The lowest BCUT2D eigenvalue weighted by Gasteiger charge is -2.31. The fourth-order valence-electron chi connectivity index (χ4n) is 2.73. The standard InChI is InChI=1S/C18H14ClN3O3/c1-11-18(23)22(14-8-4-5-9-15(14)24-11)10-16-20-17(21-25-16)12-6-2-3-7-13(12)19/h2-9,11H,10H2,1H3. The molecule has 0 saturated carbocycles. The molecule has 1 aliphatic rings. The number of carbonyl (C=O) groups excluding carboxylic acids is 1. The van der Waals surface area contributed by atoms with Gasteiger partial charge in [0.1, 0.15) is 12.3 Å². The lowest BCUT2D eigenvalue weighted by molar-refractivity contribution is -0.125. The quantitative estimate of drug-likeness (QED) is 0.716. The van der Waals surface area contributed by atoms with Crippen LogP contribution in [-0.2, 0) is 11.3 Å². The molecule has 1 atom stereocenters. The first-order chi connectivity index (χ1) is 12.1. The highest BCUT2D eigenvalue weighted by Crippen LogP contribution is 2.34. The Hall–Kier alpha value is -2.86. The zero-order valence-electron chi connectivity index (χ0n) is 13.3. The van der Waals surface area contributed by atoms with E-state index in [9.17, 15) is 4.79 Å². The molecule has 2 aromatic carbocycles. The Morgan fingerprint density at radius 2 is 1.92 bits per heavy atom. The second-order valence-electron chi connectivity index (χ2n) is 5.64. The van der Waals surface area contributed by atoms with E-state index in [1.807, 2.05) is 42.5 Å². The van der Waals surface area contributed by atoms with Crippen LogP contribution in [0.3, 0.4) is 0 Å². The molecule has 1 unspecified atom stereocenters. The molecule has 0 spiro atoms. The Bertz CT molecular complexity index is 941.